The molecule has 0 saturated heterocycles. The van der Waals surface area contributed by atoms with Crippen molar-refractivity contribution in [3.63, 3.8) is 0 Å². The lowest BCUT2D eigenvalue weighted by molar-refractivity contribution is 0.177. The summed E-state index contributed by atoms with van der Waals surface area (Å²) in [5, 5.41) is 15.4. The Morgan fingerprint density at radius 1 is 1.42 bits per heavy atom. The number of aryl methyl sites for hydroxylation is 2. The Labute approximate surface area is 126 Å². The average molecular weight is 344 g/mol. The molecule has 19 heavy (non-hydrogen) atoms. The second-order valence-electron chi connectivity index (χ2n) is 4.66. The van der Waals surface area contributed by atoms with E-state index >= 15 is 0 Å². The highest BCUT2D eigenvalue weighted by Crippen LogP contribution is 2.28. The smallest absolute Gasteiger partial charge is 0.0866 e. The Kier molecular flexibility index (Phi) is 4.33. The van der Waals surface area contributed by atoms with Crippen LogP contribution < -0.4 is 0 Å². The highest BCUT2D eigenvalue weighted by Gasteiger charge is 2.19. The van der Waals surface area contributed by atoms with Crippen molar-refractivity contribution in [2.24, 2.45) is 7.05 Å². The Bertz CT molecular complexity index is 610. The molecule has 2 aromatic rings. The van der Waals surface area contributed by atoms with Crippen molar-refractivity contribution in [2.45, 2.75) is 26.4 Å². The lowest BCUT2D eigenvalue weighted by Gasteiger charge is -2.13. The number of hydrogen-bond donors (Lipinski definition) is 1. The summed E-state index contributed by atoms with van der Waals surface area (Å²) < 4.78 is 2.72. The number of aromatic nitrogens is 2. The minimum absolute atomic E-state index is 0.486. The number of halogens is 2. The van der Waals surface area contributed by atoms with Gasteiger partial charge in [-0.25, -0.2) is 0 Å². The van der Waals surface area contributed by atoms with Gasteiger partial charge in [-0.2, -0.15) is 5.10 Å². The van der Waals surface area contributed by atoms with Crippen molar-refractivity contribution >= 4 is 27.5 Å². The van der Waals surface area contributed by atoms with Gasteiger partial charge in [-0.15, -0.1) is 0 Å². The van der Waals surface area contributed by atoms with Gasteiger partial charge in [0, 0.05) is 34.2 Å². The van der Waals surface area contributed by atoms with Crippen LogP contribution in [0.5, 0.6) is 0 Å². The Balaban J connectivity index is 2.28. The molecule has 102 valence electrons. The van der Waals surface area contributed by atoms with E-state index in [1.807, 2.05) is 39.1 Å². The largest absolute Gasteiger partial charge is 0.388 e. The fourth-order valence-corrected chi connectivity index (χ4v) is 3.02. The second-order valence-corrected chi connectivity index (χ2v) is 5.99. The number of benzene rings is 1. The molecule has 2 rings (SSSR count). The zero-order valence-corrected chi connectivity index (χ0v) is 13.5. The van der Waals surface area contributed by atoms with E-state index in [0.717, 1.165) is 27.0 Å². The third-order valence-electron chi connectivity index (χ3n) is 3.33. The van der Waals surface area contributed by atoms with Gasteiger partial charge in [-0.1, -0.05) is 33.6 Å². The summed E-state index contributed by atoms with van der Waals surface area (Å²) in [6.45, 7) is 3.87. The van der Waals surface area contributed by atoms with Crippen LogP contribution in [-0.2, 0) is 13.5 Å². The summed E-state index contributed by atoms with van der Waals surface area (Å²) in [4.78, 5) is 0. The minimum atomic E-state index is -0.590. The summed E-state index contributed by atoms with van der Waals surface area (Å²) in [5.41, 5.74) is 3.67. The molecule has 0 fully saturated rings. The summed E-state index contributed by atoms with van der Waals surface area (Å²) in [6.07, 6.45) is -0.105. The van der Waals surface area contributed by atoms with Crippen LogP contribution in [0.2, 0.25) is 5.02 Å². The first kappa shape index (κ1) is 14.6. The summed E-state index contributed by atoms with van der Waals surface area (Å²) in [7, 11) is 1.88. The van der Waals surface area contributed by atoms with E-state index < -0.39 is 6.10 Å². The topological polar surface area (TPSA) is 38.0 Å². The van der Waals surface area contributed by atoms with E-state index in [0.29, 0.717) is 11.4 Å². The van der Waals surface area contributed by atoms with Gasteiger partial charge in [-0.3, -0.25) is 4.68 Å². The van der Waals surface area contributed by atoms with Crippen LogP contribution in [0.4, 0.5) is 0 Å². The van der Waals surface area contributed by atoms with Crippen molar-refractivity contribution in [2.75, 3.05) is 0 Å². The van der Waals surface area contributed by atoms with Crippen LogP contribution in [0.25, 0.3) is 0 Å². The minimum Gasteiger partial charge on any atom is -0.388 e. The van der Waals surface area contributed by atoms with Crippen molar-refractivity contribution < 1.29 is 5.11 Å². The number of aliphatic hydroxyl groups excluding tert-OH is 1. The quantitative estimate of drug-likeness (QED) is 0.922. The molecule has 1 unspecified atom stereocenters. The van der Waals surface area contributed by atoms with E-state index in [2.05, 4.69) is 21.0 Å². The first-order valence-electron chi connectivity index (χ1n) is 6.02. The first-order valence-corrected chi connectivity index (χ1v) is 7.19. The van der Waals surface area contributed by atoms with E-state index in [9.17, 15) is 5.11 Å². The molecule has 1 aromatic carbocycles. The molecule has 1 aromatic heterocycles. The number of hydrogen-bond acceptors (Lipinski definition) is 2. The molecule has 1 N–H and O–H groups in total. The zero-order chi connectivity index (χ0) is 14.2. The Hall–Kier alpha value is -0.840. The number of rotatable bonds is 3. The van der Waals surface area contributed by atoms with Gasteiger partial charge < -0.3 is 5.11 Å². The van der Waals surface area contributed by atoms with Gasteiger partial charge in [0.05, 0.1) is 11.8 Å². The second kappa shape index (κ2) is 5.65. The van der Waals surface area contributed by atoms with Gasteiger partial charge in [0.15, 0.2) is 0 Å². The first-order chi connectivity index (χ1) is 8.90. The molecule has 5 heteroatoms. The number of aliphatic hydroxyl groups is 1. The third-order valence-corrected chi connectivity index (χ3v) is 4.17. The van der Waals surface area contributed by atoms with Gasteiger partial charge in [0.1, 0.15) is 0 Å². The van der Waals surface area contributed by atoms with Crippen LogP contribution in [0.15, 0.2) is 22.7 Å². The van der Waals surface area contributed by atoms with E-state index in [1.165, 1.54) is 0 Å². The molecular formula is C14H16BrClN2O. The van der Waals surface area contributed by atoms with Gasteiger partial charge in [-0.05, 0) is 31.5 Å². The fraction of sp³-hybridized carbons (Fsp3) is 0.357. The molecule has 0 aliphatic rings. The molecule has 0 spiro atoms. The SMILES string of the molecule is Cc1nn(C)c(C)c1C(O)Cc1ccc(Br)cc1Cl. The maximum atomic E-state index is 10.4. The molecule has 1 atom stereocenters. The lowest BCUT2D eigenvalue weighted by Crippen LogP contribution is -2.05. The predicted molar refractivity (Wildman–Crippen MR) is 80.5 cm³/mol. The molecule has 0 bridgehead atoms. The van der Waals surface area contributed by atoms with Crippen LogP contribution in [0, 0.1) is 13.8 Å². The summed E-state index contributed by atoms with van der Waals surface area (Å²) in [6, 6.07) is 5.69. The Morgan fingerprint density at radius 3 is 2.63 bits per heavy atom. The third kappa shape index (κ3) is 3.02. The monoisotopic (exact) mass is 342 g/mol. The van der Waals surface area contributed by atoms with Crippen molar-refractivity contribution in [1.29, 1.82) is 0 Å². The van der Waals surface area contributed by atoms with Gasteiger partial charge in [0.25, 0.3) is 0 Å². The normalized spacial score (nSPS) is 12.7. The molecule has 0 saturated carbocycles. The number of nitrogens with zero attached hydrogens (tertiary/aromatic N) is 2. The van der Waals surface area contributed by atoms with Crippen molar-refractivity contribution in [3.05, 3.63) is 50.2 Å². The zero-order valence-electron chi connectivity index (χ0n) is 11.1. The van der Waals surface area contributed by atoms with E-state index in [-0.39, 0.29) is 0 Å². The van der Waals surface area contributed by atoms with Crippen LogP contribution in [0.1, 0.15) is 28.6 Å². The molecule has 0 aliphatic carbocycles. The molecule has 0 aliphatic heterocycles. The lowest BCUT2D eigenvalue weighted by atomic mass is 10.00. The van der Waals surface area contributed by atoms with Crippen LogP contribution >= 0.6 is 27.5 Å². The van der Waals surface area contributed by atoms with Crippen LogP contribution in [0.3, 0.4) is 0 Å². The molecule has 0 radical (unpaired) electrons. The summed E-state index contributed by atoms with van der Waals surface area (Å²) in [5.74, 6) is 0. The van der Waals surface area contributed by atoms with E-state index in [4.69, 9.17) is 11.6 Å². The molecular weight excluding hydrogens is 328 g/mol. The average Bonchev–Trinajstić information content (AvgIpc) is 2.57. The molecule has 3 nitrogen and oxygen atoms in total. The molecule has 0 amide bonds. The highest BCUT2D eigenvalue weighted by molar-refractivity contribution is 9.10. The van der Waals surface area contributed by atoms with Crippen molar-refractivity contribution in [1.82, 2.24) is 9.78 Å². The van der Waals surface area contributed by atoms with E-state index in [1.54, 1.807) is 4.68 Å². The van der Waals surface area contributed by atoms with Gasteiger partial charge >= 0.3 is 0 Å². The summed E-state index contributed by atoms with van der Waals surface area (Å²) >= 11 is 9.56. The fourth-order valence-electron chi connectivity index (χ4n) is 2.27. The highest BCUT2D eigenvalue weighted by atomic mass is 79.9. The predicted octanol–water partition coefficient (Wildman–Crippen LogP) is 3.73. The van der Waals surface area contributed by atoms with Crippen molar-refractivity contribution in [3.8, 4) is 0 Å². The van der Waals surface area contributed by atoms with Crippen LogP contribution in [-0.4, -0.2) is 14.9 Å². The maximum absolute atomic E-state index is 10.4. The molecule has 1 heterocycles. The maximum Gasteiger partial charge on any atom is 0.0866 e. The standard InChI is InChI=1S/C14H16BrClN2O/c1-8-14(9(2)18(3)17-8)13(19)6-10-4-5-11(15)7-12(10)16/h4-5,7,13,19H,6H2,1-3H3. The van der Waals surface area contributed by atoms with Gasteiger partial charge in [0.2, 0.25) is 0 Å². The Morgan fingerprint density at radius 2 is 2.11 bits per heavy atom.